The maximum Gasteiger partial charge on any atom is 0.191 e. The molecule has 1 atom stereocenters. The number of nitrogens with one attached hydrogen (secondary N) is 2. The zero-order chi connectivity index (χ0) is 20.6. The summed E-state index contributed by atoms with van der Waals surface area (Å²) in [7, 11) is 2.52. The van der Waals surface area contributed by atoms with Crippen molar-refractivity contribution in [3.05, 3.63) is 23.8 Å². The molecule has 0 aliphatic heterocycles. The number of hydrogen-bond acceptors (Lipinski definition) is 4. The van der Waals surface area contributed by atoms with Crippen molar-refractivity contribution >= 4 is 40.7 Å². The first-order valence-corrected chi connectivity index (χ1v) is 11.3. The van der Waals surface area contributed by atoms with Gasteiger partial charge >= 0.3 is 0 Å². The first kappa shape index (κ1) is 26.0. The van der Waals surface area contributed by atoms with E-state index < -0.39 is 10.8 Å². The summed E-state index contributed by atoms with van der Waals surface area (Å²) in [5.41, 5.74) is 1.03. The summed E-state index contributed by atoms with van der Waals surface area (Å²) >= 11 is 0. The molecule has 6 nitrogen and oxygen atoms in total. The van der Waals surface area contributed by atoms with Crippen LogP contribution in [-0.2, 0) is 17.3 Å². The van der Waals surface area contributed by atoms with Gasteiger partial charge < -0.3 is 20.1 Å². The van der Waals surface area contributed by atoms with Crippen molar-refractivity contribution in [3.63, 3.8) is 0 Å². The molecule has 0 heterocycles. The molecule has 1 aromatic rings. The van der Waals surface area contributed by atoms with Crippen LogP contribution in [-0.4, -0.2) is 47.5 Å². The van der Waals surface area contributed by atoms with Crippen LogP contribution in [0.15, 0.2) is 23.2 Å². The van der Waals surface area contributed by atoms with E-state index in [1.165, 1.54) is 12.8 Å². The van der Waals surface area contributed by atoms with Crippen LogP contribution in [0.3, 0.4) is 0 Å². The highest BCUT2D eigenvalue weighted by atomic mass is 127. The average molecular weight is 538 g/mol. The molecular weight excluding hydrogens is 501 g/mol. The number of nitrogens with zero attached hydrogens (tertiary/aromatic N) is 1. The molecule has 1 aliphatic rings. The Morgan fingerprint density at radius 3 is 2.52 bits per heavy atom. The van der Waals surface area contributed by atoms with Crippen LogP contribution < -0.4 is 20.1 Å². The molecule has 29 heavy (non-hydrogen) atoms. The van der Waals surface area contributed by atoms with E-state index in [9.17, 15) is 4.21 Å². The van der Waals surface area contributed by atoms with Crippen molar-refractivity contribution in [2.75, 3.05) is 26.5 Å². The zero-order valence-electron chi connectivity index (χ0n) is 18.2. The number of rotatable bonds is 8. The molecule has 2 rings (SSSR count). The van der Waals surface area contributed by atoms with Crippen LogP contribution in [0.4, 0.5) is 0 Å². The third-order valence-electron chi connectivity index (χ3n) is 4.80. The molecule has 8 heteroatoms. The fourth-order valence-electron chi connectivity index (χ4n) is 3.14. The van der Waals surface area contributed by atoms with Crippen molar-refractivity contribution < 1.29 is 13.7 Å². The maximum absolute atomic E-state index is 12.2. The smallest absolute Gasteiger partial charge is 0.191 e. The number of guanidine groups is 1. The SMILES string of the molecule is CN=C(NCCS(=O)C(C)(C)C)NCc1cccc(OC)c1OC1CCCC1.I. The van der Waals surface area contributed by atoms with Crippen LogP contribution in [0.5, 0.6) is 11.5 Å². The van der Waals surface area contributed by atoms with Gasteiger partial charge in [0.05, 0.1) is 13.2 Å². The second-order valence-electron chi connectivity index (χ2n) is 7.99. The Balaban J connectivity index is 0.00000420. The summed E-state index contributed by atoms with van der Waals surface area (Å²) in [5, 5.41) is 6.56. The molecular formula is C21H36IN3O3S. The number of halogens is 1. The minimum atomic E-state index is -0.889. The van der Waals surface area contributed by atoms with Crippen molar-refractivity contribution in [1.29, 1.82) is 0 Å². The lowest BCUT2D eigenvalue weighted by atomic mass is 10.1. The molecule has 2 N–H and O–H groups in total. The Morgan fingerprint density at radius 2 is 1.93 bits per heavy atom. The maximum atomic E-state index is 12.2. The van der Waals surface area contributed by atoms with Crippen molar-refractivity contribution in [3.8, 4) is 11.5 Å². The Morgan fingerprint density at radius 1 is 1.24 bits per heavy atom. The van der Waals surface area contributed by atoms with Crippen molar-refractivity contribution in [2.24, 2.45) is 4.99 Å². The molecule has 0 amide bonds. The van der Waals surface area contributed by atoms with Crippen molar-refractivity contribution in [1.82, 2.24) is 10.6 Å². The minimum absolute atomic E-state index is 0. The van der Waals surface area contributed by atoms with E-state index in [2.05, 4.69) is 15.6 Å². The summed E-state index contributed by atoms with van der Waals surface area (Å²) < 4.78 is 23.8. The summed E-state index contributed by atoms with van der Waals surface area (Å²) in [6, 6.07) is 5.95. The van der Waals surface area contributed by atoms with E-state index in [-0.39, 0.29) is 34.8 Å². The van der Waals surface area contributed by atoms with Gasteiger partial charge in [-0.15, -0.1) is 24.0 Å². The van der Waals surface area contributed by atoms with Gasteiger partial charge in [0.15, 0.2) is 17.5 Å². The second-order valence-corrected chi connectivity index (χ2v) is 10.3. The third-order valence-corrected chi connectivity index (χ3v) is 6.74. The number of ether oxygens (including phenoxy) is 2. The zero-order valence-corrected chi connectivity index (χ0v) is 21.4. The first-order valence-electron chi connectivity index (χ1n) is 10.0. The monoisotopic (exact) mass is 537 g/mol. The van der Waals surface area contributed by atoms with Gasteiger partial charge in [-0.05, 0) is 52.5 Å². The highest BCUT2D eigenvalue weighted by Gasteiger charge is 2.21. The van der Waals surface area contributed by atoms with Gasteiger partial charge in [0, 0.05) is 47.0 Å². The van der Waals surface area contributed by atoms with E-state index in [1.807, 2.05) is 39.0 Å². The standard InChI is InChI=1S/C21H35N3O3S.HI/c1-21(2,3)28(25)14-13-23-20(22-4)24-15-16-9-8-12-18(26-5)19(16)27-17-10-6-7-11-17;/h8-9,12,17H,6-7,10-11,13-15H2,1-5H3,(H2,22,23,24);1H. The third kappa shape index (κ3) is 8.32. The molecule has 0 spiro atoms. The molecule has 0 bridgehead atoms. The topological polar surface area (TPSA) is 72.0 Å². The Kier molecular flexibility index (Phi) is 11.3. The highest BCUT2D eigenvalue weighted by Crippen LogP contribution is 2.34. The molecule has 1 aromatic carbocycles. The van der Waals surface area contributed by atoms with Crippen LogP contribution in [0.25, 0.3) is 0 Å². The van der Waals surface area contributed by atoms with E-state index in [4.69, 9.17) is 9.47 Å². The highest BCUT2D eigenvalue weighted by molar-refractivity contribution is 14.0. The average Bonchev–Trinajstić information content (AvgIpc) is 3.17. The molecule has 1 unspecified atom stereocenters. The normalized spacial score (nSPS) is 16.1. The van der Waals surface area contributed by atoms with Gasteiger partial charge in [-0.1, -0.05) is 12.1 Å². The predicted octanol–water partition coefficient (Wildman–Crippen LogP) is 3.85. The van der Waals surface area contributed by atoms with Crippen LogP contribution in [0.1, 0.15) is 52.0 Å². The molecule has 1 saturated carbocycles. The van der Waals surface area contributed by atoms with Crippen LogP contribution in [0.2, 0.25) is 0 Å². The number of hydrogen-bond donors (Lipinski definition) is 2. The summed E-state index contributed by atoms with van der Waals surface area (Å²) in [6.45, 7) is 7.15. The number of methoxy groups -OCH3 is 1. The number of aliphatic imine (C=N–C) groups is 1. The van der Waals surface area contributed by atoms with Crippen LogP contribution in [0, 0.1) is 0 Å². The fraction of sp³-hybridized carbons (Fsp3) is 0.667. The molecule has 166 valence electrons. The largest absolute Gasteiger partial charge is 0.493 e. The molecule has 1 fully saturated rings. The minimum Gasteiger partial charge on any atom is -0.493 e. The summed E-state index contributed by atoms with van der Waals surface area (Å²) in [4.78, 5) is 4.26. The van der Waals surface area contributed by atoms with Gasteiger partial charge in [-0.2, -0.15) is 0 Å². The van der Waals surface area contributed by atoms with Gasteiger partial charge in [0.1, 0.15) is 0 Å². The van der Waals surface area contributed by atoms with E-state index in [1.54, 1.807) is 14.2 Å². The number of benzene rings is 1. The fourth-order valence-corrected chi connectivity index (χ4v) is 4.04. The van der Waals surface area contributed by atoms with Gasteiger partial charge in [-0.3, -0.25) is 9.20 Å². The summed E-state index contributed by atoms with van der Waals surface area (Å²) in [5.74, 6) is 2.84. The van der Waals surface area contributed by atoms with Gasteiger partial charge in [0.25, 0.3) is 0 Å². The molecule has 0 aromatic heterocycles. The molecule has 0 saturated heterocycles. The Labute approximate surface area is 195 Å². The Hall–Kier alpha value is -1.03. The van der Waals surface area contributed by atoms with E-state index >= 15 is 0 Å². The summed E-state index contributed by atoms with van der Waals surface area (Å²) in [6.07, 6.45) is 4.90. The first-order chi connectivity index (χ1) is 13.3. The molecule has 0 radical (unpaired) electrons. The lowest BCUT2D eigenvalue weighted by molar-refractivity contribution is 0.198. The second kappa shape index (κ2) is 12.6. The lowest BCUT2D eigenvalue weighted by Gasteiger charge is -2.20. The lowest BCUT2D eigenvalue weighted by Crippen LogP contribution is -2.40. The van der Waals surface area contributed by atoms with Crippen LogP contribution >= 0.6 is 24.0 Å². The predicted molar refractivity (Wildman–Crippen MR) is 132 cm³/mol. The Bertz CT molecular complexity index is 686. The van der Waals surface area contributed by atoms with E-state index in [0.29, 0.717) is 24.8 Å². The molecule has 1 aliphatic carbocycles. The van der Waals surface area contributed by atoms with Crippen molar-refractivity contribution in [2.45, 2.75) is 63.9 Å². The van der Waals surface area contributed by atoms with Gasteiger partial charge in [0.2, 0.25) is 0 Å². The van der Waals surface area contributed by atoms with Gasteiger partial charge in [-0.25, -0.2) is 0 Å². The number of para-hydroxylation sites is 1. The van der Waals surface area contributed by atoms with E-state index in [0.717, 1.165) is 29.9 Å². The quantitative estimate of drug-likeness (QED) is 0.300.